The zero-order valence-electron chi connectivity index (χ0n) is 12.8. The molecule has 1 aromatic carbocycles. The lowest BCUT2D eigenvalue weighted by Crippen LogP contribution is -2.45. The summed E-state index contributed by atoms with van der Waals surface area (Å²) in [5.41, 5.74) is 6.48. The quantitative estimate of drug-likeness (QED) is 0.824. The van der Waals surface area contributed by atoms with Crippen LogP contribution >= 0.6 is 12.4 Å². The van der Waals surface area contributed by atoms with Crippen LogP contribution in [-0.4, -0.2) is 28.1 Å². The molecule has 1 saturated carbocycles. The molecule has 1 aliphatic carbocycles. The SMILES string of the molecule is COc1cccc(CS(=O)(=O)NC2CCCCC2CN)c1.Cl. The molecule has 3 N–H and O–H groups in total. The van der Waals surface area contributed by atoms with Gasteiger partial charge in [-0.1, -0.05) is 25.0 Å². The minimum absolute atomic E-state index is 0. The van der Waals surface area contributed by atoms with Crippen LogP contribution in [-0.2, 0) is 15.8 Å². The first-order valence-corrected chi connectivity index (χ1v) is 9.02. The van der Waals surface area contributed by atoms with E-state index in [2.05, 4.69) is 4.72 Å². The number of halogens is 1. The number of methoxy groups -OCH3 is 1. The molecule has 0 amide bonds. The number of benzene rings is 1. The second kappa shape index (κ2) is 8.72. The predicted octanol–water partition coefficient (Wildman–Crippen LogP) is 2.05. The van der Waals surface area contributed by atoms with E-state index in [4.69, 9.17) is 10.5 Å². The van der Waals surface area contributed by atoms with Crippen molar-refractivity contribution in [1.29, 1.82) is 0 Å². The molecule has 0 radical (unpaired) electrons. The van der Waals surface area contributed by atoms with Crippen molar-refractivity contribution in [1.82, 2.24) is 4.72 Å². The first-order chi connectivity index (χ1) is 10.0. The minimum atomic E-state index is -3.36. The van der Waals surface area contributed by atoms with E-state index in [1.54, 1.807) is 31.4 Å². The standard InChI is InChI=1S/C15H24N2O3S.ClH/c1-20-14-7-4-5-12(9-14)11-21(18,19)17-15-8-3-2-6-13(15)10-16;/h4-5,7,9,13,15,17H,2-3,6,8,10-11,16H2,1H3;1H. The molecule has 7 heteroatoms. The van der Waals surface area contributed by atoms with Crippen LogP contribution in [0.2, 0.25) is 0 Å². The van der Waals surface area contributed by atoms with Gasteiger partial charge < -0.3 is 10.5 Å². The summed E-state index contributed by atoms with van der Waals surface area (Å²) in [4.78, 5) is 0. The summed E-state index contributed by atoms with van der Waals surface area (Å²) in [6.45, 7) is 0.534. The third-order valence-corrected chi connectivity index (χ3v) is 5.41. The molecule has 2 rings (SSSR count). The predicted molar refractivity (Wildman–Crippen MR) is 90.8 cm³/mol. The number of nitrogens with one attached hydrogen (secondary N) is 1. The van der Waals surface area contributed by atoms with Crippen LogP contribution in [0.15, 0.2) is 24.3 Å². The highest BCUT2D eigenvalue weighted by molar-refractivity contribution is 7.88. The maximum Gasteiger partial charge on any atom is 0.216 e. The summed E-state index contributed by atoms with van der Waals surface area (Å²) in [7, 11) is -1.79. The van der Waals surface area contributed by atoms with Crippen molar-refractivity contribution < 1.29 is 13.2 Å². The van der Waals surface area contributed by atoms with E-state index in [9.17, 15) is 8.42 Å². The first-order valence-electron chi connectivity index (χ1n) is 7.37. The molecule has 1 aliphatic rings. The van der Waals surface area contributed by atoms with Gasteiger partial charge in [-0.05, 0) is 43.0 Å². The monoisotopic (exact) mass is 348 g/mol. The summed E-state index contributed by atoms with van der Waals surface area (Å²) in [6.07, 6.45) is 4.07. The Kier molecular flexibility index (Phi) is 7.62. The van der Waals surface area contributed by atoms with Gasteiger partial charge in [-0.25, -0.2) is 13.1 Å². The summed E-state index contributed by atoms with van der Waals surface area (Å²) in [5, 5.41) is 0. The number of hydrogen-bond acceptors (Lipinski definition) is 4. The minimum Gasteiger partial charge on any atom is -0.497 e. The Labute approximate surface area is 139 Å². The van der Waals surface area contributed by atoms with Crippen LogP contribution in [0.5, 0.6) is 5.75 Å². The molecule has 22 heavy (non-hydrogen) atoms. The average molecular weight is 349 g/mol. The lowest BCUT2D eigenvalue weighted by molar-refractivity contribution is 0.296. The van der Waals surface area contributed by atoms with Gasteiger partial charge in [-0.15, -0.1) is 12.4 Å². The third-order valence-electron chi connectivity index (χ3n) is 4.03. The van der Waals surface area contributed by atoms with Crippen LogP contribution in [0.4, 0.5) is 0 Å². The Bertz CT molecular complexity index is 566. The average Bonchev–Trinajstić information content (AvgIpc) is 2.47. The van der Waals surface area contributed by atoms with E-state index < -0.39 is 10.0 Å². The van der Waals surface area contributed by atoms with Gasteiger partial charge >= 0.3 is 0 Å². The van der Waals surface area contributed by atoms with Crippen LogP contribution < -0.4 is 15.2 Å². The van der Waals surface area contributed by atoms with Crippen molar-refractivity contribution in [2.24, 2.45) is 11.7 Å². The molecule has 0 bridgehead atoms. The summed E-state index contributed by atoms with van der Waals surface area (Å²) in [6, 6.07) is 7.12. The molecule has 126 valence electrons. The lowest BCUT2D eigenvalue weighted by Gasteiger charge is -2.31. The van der Waals surface area contributed by atoms with Crippen LogP contribution in [0.3, 0.4) is 0 Å². The molecule has 0 saturated heterocycles. The van der Waals surface area contributed by atoms with Crippen molar-refractivity contribution >= 4 is 22.4 Å². The molecule has 5 nitrogen and oxygen atoms in total. The maximum absolute atomic E-state index is 12.3. The van der Waals surface area contributed by atoms with Gasteiger partial charge in [0.1, 0.15) is 5.75 Å². The third kappa shape index (κ3) is 5.43. The van der Waals surface area contributed by atoms with E-state index in [-0.39, 0.29) is 30.1 Å². The highest BCUT2D eigenvalue weighted by Gasteiger charge is 2.27. The topological polar surface area (TPSA) is 81.4 Å². The number of rotatable bonds is 6. The zero-order valence-corrected chi connectivity index (χ0v) is 14.5. The van der Waals surface area contributed by atoms with Gasteiger partial charge in [0.2, 0.25) is 10.0 Å². The molecular formula is C15H25ClN2O3S. The van der Waals surface area contributed by atoms with Gasteiger partial charge in [-0.3, -0.25) is 0 Å². The second-order valence-corrected chi connectivity index (χ2v) is 7.37. The Morgan fingerprint density at radius 1 is 1.32 bits per heavy atom. The number of ether oxygens (including phenoxy) is 1. The molecule has 1 aromatic rings. The van der Waals surface area contributed by atoms with Crippen molar-refractivity contribution in [3.8, 4) is 5.75 Å². The van der Waals surface area contributed by atoms with E-state index in [0.717, 1.165) is 31.2 Å². The highest BCUT2D eigenvalue weighted by atomic mass is 35.5. The summed E-state index contributed by atoms with van der Waals surface area (Å²) in [5.74, 6) is 0.886. The normalized spacial score (nSPS) is 21.9. The number of sulfonamides is 1. The summed E-state index contributed by atoms with van der Waals surface area (Å²) >= 11 is 0. The Morgan fingerprint density at radius 3 is 2.73 bits per heavy atom. The maximum atomic E-state index is 12.3. The van der Waals surface area contributed by atoms with E-state index in [0.29, 0.717) is 12.3 Å². The van der Waals surface area contributed by atoms with Crippen molar-refractivity contribution in [2.75, 3.05) is 13.7 Å². The number of hydrogen-bond donors (Lipinski definition) is 2. The molecule has 0 aromatic heterocycles. The molecule has 0 spiro atoms. The first kappa shape index (κ1) is 19.2. The fourth-order valence-electron chi connectivity index (χ4n) is 2.90. The Morgan fingerprint density at radius 2 is 2.05 bits per heavy atom. The van der Waals surface area contributed by atoms with Crippen molar-refractivity contribution in [3.63, 3.8) is 0 Å². The van der Waals surface area contributed by atoms with Crippen molar-refractivity contribution in [2.45, 2.75) is 37.5 Å². The summed E-state index contributed by atoms with van der Waals surface area (Å²) < 4.78 is 32.6. The fraction of sp³-hybridized carbons (Fsp3) is 0.600. The highest BCUT2D eigenvalue weighted by Crippen LogP contribution is 2.24. The van der Waals surface area contributed by atoms with E-state index >= 15 is 0 Å². The largest absolute Gasteiger partial charge is 0.497 e. The van der Waals surface area contributed by atoms with E-state index in [1.807, 2.05) is 0 Å². The van der Waals surface area contributed by atoms with Gasteiger partial charge in [-0.2, -0.15) is 0 Å². The molecule has 0 heterocycles. The van der Waals surface area contributed by atoms with Crippen LogP contribution in [0.1, 0.15) is 31.2 Å². The van der Waals surface area contributed by atoms with Gasteiger partial charge in [0, 0.05) is 6.04 Å². The molecule has 0 aliphatic heterocycles. The lowest BCUT2D eigenvalue weighted by atomic mass is 9.85. The van der Waals surface area contributed by atoms with E-state index in [1.165, 1.54) is 0 Å². The molecule has 2 unspecified atom stereocenters. The van der Waals surface area contributed by atoms with Gasteiger partial charge in [0.25, 0.3) is 0 Å². The van der Waals surface area contributed by atoms with Gasteiger partial charge in [0.05, 0.1) is 12.9 Å². The molecule has 2 atom stereocenters. The molecular weight excluding hydrogens is 324 g/mol. The fourth-order valence-corrected chi connectivity index (χ4v) is 4.37. The van der Waals surface area contributed by atoms with Gasteiger partial charge in [0.15, 0.2) is 0 Å². The Hall–Kier alpha value is -0.820. The van der Waals surface area contributed by atoms with Crippen molar-refractivity contribution in [3.05, 3.63) is 29.8 Å². The Balaban J connectivity index is 0.00000242. The number of nitrogens with two attached hydrogens (primary N) is 1. The van der Waals surface area contributed by atoms with Crippen LogP contribution in [0, 0.1) is 5.92 Å². The van der Waals surface area contributed by atoms with Crippen LogP contribution in [0.25, 0.3) is 0 Å². The zero-order chi connectivity index (χ0) is 15.3. The second-order valence-electron chi connectivity index (χ2n) is 5.62. The molecule has 1 fully saturated rings. The smallest absolute Gasteiger partial charge is 0.216 e.